The fraction of sp³-hybridized carbons (Fsp3) is 0.318. The van der Waals surface area contributed by atoms with Crippen molar-refractivity contribution in [3.8, 4) is 0 Å². The molecule has 0 spiro atoms. The summed E-state index contributed by atoms with van der Waals surface area (Å²) < 4.78 is 18.1. The average molecular weight is 415 g/mol. The molecule has 0 bridgehead atoms. The van der Waals surface area contributed by atoms with E-state index in [2.05, 4.69) is 10.6 Å². The van der Waals surface area contributed by atoms with E-state index < -0.39 is 36.2 Å². The van der Waals surface area contributed by atoms with E-state index >= 15 is 0 Å². The van der Waals surface area contributed by atoms with Crippen LogP contribution in [0, 0.1) is 11.7 Å². The van der Waals surface area contributed by atoms with Crippen molar-refractivity contribution >= 4 is 29.2 Å². The second kappa shape index (κ2) is 10.4. The highest BCUT2D eigenvalue weighted by atomic mass is 19.1. The lowest BCUT2D eigenvalue weighted by Gasteiger charge is -2.21. The van der Waals surface area contributed by atoms with E-state index in [9.17, 15) is 18.8 Å². The lowest BCUT2D eigenvalue weighted by molar-refractivity contribution is -0.150. The van der Waals surface area contributed by atoms with Crippen molar-refractivity contribution in [2.75, 3.05) is 30.9 Å². The van der Waals surface area contributed by atoms with E-state index in [-0.39, 0.29) is 11.5 Å². The Morgan fingerprint density at radius 3 is 2.13 bits per heavy atom. The standard InChI is InChI=1S/C22H26FN3O4/c1-14(2)20(25-21(28)15-5-7-16(23)8-6-15)22(29)30-13-19(27)24-17-9-11-18(12-10-17)26(3)4/h5-12,14,20H,13H2,1-4H3,(H,24,27)(H,25,28)/t20-/m0/s1. The lowest BCUT2D eigenvalue weighted by Crippen LogP contribution is -2.45. The number of nitrogens with zero attached hydrogens (tertiary/aromatic N) is 1. The molecule has 160 valence electrons. The quantitative estimate of drug-likeness (QED) is 0.648. The van der Waals surface area contributed by atoms with E-state index in [4.69, 9.17) is 4.74 Å². The topological polar surface area (TPSA) is 87.7 Å². The maximum absolute atomic E-state index is 13.0. The Morgan fingerprint density at radius 2 is 1.60 bits per heavy atom. The highest BCUT2D eigenvalue weighted by Crippen LogP contribution is 2.15. The molecule has 1 atom stereocenters. The lowest BCUT2D eigenvalue weighted by atomic mass is 10.0. The zero-order chi connectivity index (χ0) is 22.3. The molecule has 30 heavy (non-hydrogen) atoms. The van der Waals surface area contributed by atoms with Gasteiger partial charge in [-0.3, -0.25) is 9.59 Å². The van der Waals surface area contributed by atoms with Crippen molar-refractivity contribution in [3.63, 3.8) is 0 Å². The van der Waals surface area contributed by atoms with Gasteiger partial charge in [0, 0.05) is 31.0 Å². The predicted octanol–water partition coefficient (Wildman–Crippen LogP) is 2.83. The van der Waals surface area contributed by atoms with Gasteiger partial charge in [0.15, 0.2) is 6.61 Å². The van der Waals surface area contributed by atoms with Crippen molar-refractivity contribution in [1.82, 2.24) is 5.32 Å². The van der Waals surface area contributed by atoms with Crippen LogP contribution in [0.15, 0.2) is 48.5 Å². The molecule has 0 heterocycles. The monoisotopic (exact) mass is 415 g/mol. The SMILES string of the molecule is CC(C)[C@H](NC(=O)c1ccc(F)cc1)C(=O)OCC(=O)Nc1ccc(N(C)C)cc1. The van der Waals surface area contributed by atoms with Gasteiger partial charge in [-0.1, -0.05) is 13.8 Å². The Kier molecular flexibility index (Phi) is 7.91. The van der Waals surface area contributed by atoms with Crippen LogP contribution in [0.25, 0.3) is 0 Å². The molecule has 0 aliphatic carbocycles. The first kappa shape index (κ1) is 22.9. The van der Waals surface area contributed by atoms with Crippen LogP contribution >= 0.6 is 0 Å². The molecule has 0 aliphatic rings. The molecule has 2 aromatic carbocycles. The largest absolute Gasteiger partial charge is 0.454 e. The summed E-state index contributed by atoms with van der Waals surface area (Å²) in [6.45, 7) is 3.00. The number of amides is 2. The maximum Gasteiger partial charge on any atom is 0.329 e. The molecule has 0 aliphatic heterocycles. The first-order chi connectivity index (χ1) is 14.2. The van der Waals surface area contributed by atoms with E-state index in [0.717, 1.165) is 17.8 Å². The first-order valence-corrected chi connectivity index (χ1v) is 9.47. The Labute approximate surface area is 175 Å². The number of esters is 1. The van der Waals surface area contributed by atoms with Crippen LogP contribution in [0.2, 0.25) is 0 Å². The molecular formula is C22H26FN3O4. The van der Waals surface area contributed by atoms with Gasteiger partial charge < -0.3 is 20.3 Å². The maximum atomic E-state index is 13.0. The van der Waals surface area contributed by atoms with Gasteiger partial charge in [0.05, 0.1) is 0 Å². The second-order valence-corrected chi connectivity index (χ2v) is 7.30. The van der Waals surface area contributed by atoms with Crippen molar-refractivity contribution in [1.29, 1.82) is 0 Å². The Morgan fingerprint density at radius 1 is 1.00 bits per heavy atom. The molecule has 8 heteroatoms. The molecule has 2 N–H and O–H groups in total. The minimum absolute atomic E-state index is 0.216. The zero-order valence-electron chi connectivity index (χ0n) is 17.4. The summed E-state index contributed by atoms with van der Waals surface area (Å²) in [6, 6.07) is 11.2. The number of rotatable bonds is 8. The van der Waals surface area contributed by atoms with Crippen molar-refractivity contribution in [3.05, 3.63) is 59.9 Å². The summed E-state index contributed by atoms with van der Waals surface area (Å²) in [5.41, 5.74) is 1.77. The van der Waals surface area contributed by atoms with E-state index in [1.807, 2.05) is 31.1 Å². The van der Waals surface area contributed by atoms with E-state index in [1.54, 1.807) is 26.0 Å². The summed E-state index contributed by atoms with van der Waals surface area (Å²) in [4.78, 5) is 38.7. The van der Waals surface area contributed by atoms with Crippen LogP contribution in [-0.4, -0.2) is 44.5 Å². The predicted molar refractivity (Wildman–Crippen MR) is 113 cm³/mol. The average Bonchev–Trinajstić information content (AvgIpc) is 2.70. The Balaban J connectivity index is 1.90. The summed E-state index contributed by atoms with van der Waals surface area (Å²) >= 11 is 0. The third kappa shape index (κ3) is 6.58. The van der Waals surface area contributed by atoms with Crippen molar-refractivity contribution < 1.29 is 23.5 Å². The molecular weight excluding hydrogens is 389 g/mol. The number of benzene rings is 2. The minimum atomic E-state index is -0.949. The van der Waals surface area contributed by atoms with Crippen LogP contribution in [0.4, 0.5) is 15.8 Å². The molecule has 0 aromatic heterocycles. The van der Waals surface area contributed by atoms with Crippen LogP contribution in [0.1, 0.15) is 24.2 Å². The van der Waals surface area contributed by atoms with E-state index in [1.165, 1.54) is 12.1 Å². The molecule has 7 nitrogen and oxygen atoms in total. The summed E-state index contributed by atoms with van der Waals surface area (Å²) in [7, 11) is 3.82. The molecule has 2 aromatic rings. The molecule has 2 rings (SSSR count). The van der Waals surface area contributed by atoms with Crippen LogP contribution in [0.3, 0.4) is 0 Å². The second-order valence-electron chi connectivity index (χ2n) is 7.30. The summed E-state index contributed by atoms with van der Waals surface area (Å²) in [6.07, 6.45) is 0. The molecule has 2 amide bonds. The number of hydrogen-bond donors (Lipinski definition) is 2. The van der Waals surface area contributed by atoms with Gasteiger partial charge in [-0.2, -0.15) is 0 Å². The van der Waals surface area contributed by atoms with Gasteiger partial charge in [0.25, 0.3) is 11.8 Å². The molecule has 0 saturated heterocycles. The van der Waals surface area contributed by atoms with Crippen LogP contribution < -0.4 is 15.5 Å². The number of carbonyl (C=O) groups excluding carboxylic acids is 3. The Hall–Kier alpha value is -3.42. The number of halogens is 1. The number of nitrogens with one attached hydrogen (secondary N) is 2. The molecule has 0 saturated carbocycles. The first-order valence-electron chi connectivity index (χ1n) is 9.47. The van der Waals surface area contributed by atoms with Crippen molar-refractivity contribution in [2.45, 2.75) is 19.9 Å². The molecule has 0 radical (unpaired) electrons. The molecule has 0 fully saturated rings. The number of hydrogen-bond acceptors (Lipinski definition) is 5. The zero-order valence-corrected chi connectivity index (χ0v) is 17.4. The van der Waals surface area contributed by atoms with E-state index in [0.29, 0.717) is 5.69 Å². The highest BCUT2D eigenvalue weighted by molar-refractivity contribution is 5.97. The van der Waals surface area contributed by atoms with Gasteiger partial charge in [-0.25, -0.2) is 9.18 Å². The summed E-state index contributed by atoms with van der Waals surface area (Å²) in [5.74, 6) is -2.49. The Bertz CT molecular complexity index is 880. The van der Waals surface area contributed by atoms with Gasteiger partial charge in [-0.15, -0.1) is 0 Å². The minimum Gasteiger partial charge on any atom is -0.454 e. The smallest absolute Gasteiger partial charge is 0.329 e. The van der Waals surface area contributed by atoms with Crippen LogP contribution in [-0.2, 0) is 14.3 Å². The highest BCUT2D eigenvalue weighted by Gasteiger charge is 2.26. The summed E-state index contributed by atoms with van der Waals surface area (Å²) in [5, 5.41) is 5.22. The number of carbonyl (C=O) groups is 3. The van der Waals surface area contributed by atoms with Gasteiger partial charge in [0.2, 0.25) is 0 Å². The number of ether oxygens (including phenoxy) is 1. The third-order valence-electron chi connectivity index (χ3n) is 4.33. The fourth-order valence-corrected chi connectivity index (χ4v) is 2.59. The fourth-order valence-electron chi connectivity index (χ4n) is 2.59. The molecule has 0 unspecified atom stereocenters. The van der Waals surface area contributed by atoms with Crippen molar-refractivity contribution in [2.24, 2.45) is 5.92 Å². The van der Waals surface area contributed by atoms with Gasteiger partial charge in [0.1, 0.15) is 11.9 Å². The van der Waals surface area contributed by atoms with Gasteiger partial charge in [-0.05, 0) is 54.4 Å². The van der Waals surface area contributed by atoms with Crippen LogP contribution in [0.5, 0.6) is 0 Å². The van der Waals surface area contributed by atoms with Gasteiger partial charge >= 0.3 is 5.97 Å². The number of anilines is 2. The normalized spacial score (nSPS) is 11.5. The third-order valence-corrected chi connectivity index (χ3v) is 4.33.